The normalized spacial score (nSPS) is 19.5. The van der Waals surface area contributed by atoms with Crippen molar-refractivity contribution in [1.29, 1.82) is 0 Å². The van der Waals surface area contributed by atoms with Crippen LogP contribution >= 0.6 is 11.3 Å². The third kappa shape index (κ3) is 3.40. The number of rotatable bonds is 6. The maximum Gasteiger partial charge on any atom is 0.229 e. The Morgan fingerprint density at radius 1 is 1.55 bits per heavy atom. The molecule has 1 fully saturated rings. The van der Waals surface area contributed by atoms with Crippen LogP contribution in [0.15, 0.2) is 17.5 Å². The molecule has 1 aromatic rings. The van der Waals surface area contributed by atoms with Gasteiger partial charge in [-0.3, -0.25) is 4.79 Å². The Balaban J connectivity index is 2.07. The highest BCUT2D eigenvalue weighted by Gasteiger charge is 2.40. The molecule has 2 N–H and O–H groups in total. The third-order valence-electron chi connectivity index (χ3n) is 4.06. The van der Waals surface area contributed by atoms with Gasteiger partial charge in [-0.15, -0.1) is 11.3 Å². The summed E-state index contributed by atoms with van der Waals surface area (Å²) >= 11 is 1.70. The molecule has 0 aliphatic carbocycles. The van der Waals surface area contributed by atoms with E-state index >= 15 is 0 Å². The highest BCUT2D eigenvalue weighted by Crippen LogP contribution is 2.31. The summed E-state index contributed by atoms with van der Waals surface area (Å²) in [5.41, 5.74) is -0.370. The Bertz CT molecular complexity index is 408. The summed E-state index contributed by atoms with van der Waals surface area (Å²) in [6.45, 7) is 4.37. The monoisotopic (exact) mass is 296 g/mol. The summed E-state index contributed by atoms with van der Waals surface area (Å²) in [7, 11) is 1.67. The zero-order chi connectivity index (χ0) is 14.4. The van der Waals surface area contributed by atoms with Crippen LogP contribution in [0.1, 0.15) is 37.1 Å². The van der Waals surface area contributed by atoms with Gasteiger partial charge in [0.25, 0.3) is 0 Å². The topological polar surface area (TPSA) is 50.4 Å². The molecule has 1 saturated heterocycles. The van der Waals surface area contributed by atoms with Crippen LogP contribution in [0.5, 0.6) is 0 Å². The molecule has 2 heterocycles. The first-order valence-electron chi connectivity index (χ1n) is 7.26. The summed E-state index contributed by atoms with van der Waals surface area (Å²) in [6, 6.07) is 4.24. The van der Waals surface area contributed by atoms with Gasteiger partial charge >= 0.3 is 0 Å². The third-order valence-corrected chi connectivity index (χ3v) is 5.05. The van der Waals surface area contributed by atoms with Crippen molar-refractivity contribution in [3.8, 4) is 0 Å². The molecule has 1 aromatic heterocycles. The average molecular weight is 296 g/mol. The first kappa shape index (κ1) is 15.5. The quantitative estimate of drug-likeness (QED) is 0.847. The highest BCUT2D eigenvalue weighted by atomic mass is 32.1. The molecule has 4 nitrogen and oxygen atoms in total. The zero-order valence-electron chi connectivity index (χ0n) is 12.3. The van der Waals surface area contributed by atoms with Gasteiger partial charge in [-0.25, -0.2) is 0 Å². The summed E-state index contributed by atoms with van der Waals surface area (Å²) < 4.78 is 5.33. The molecule has 0 spiro atoms. The van der Waals surface area contributed by atoms with Crippen molar-refractivity contribution in [3.63, 3.8) is 0 Å². The van der Waals surface area contributed by atoms with E-state index in [1.165, 1.54) is 4.88 Å². The van der Waals surface area contributed by atoms with E-state index in [4.69, 9.17) is 4.74 Å². The Morgan fingerprint density at radius 3 is 2.85 bits per heavy atom. The fourth-order valence-corrected chi connectivity index (χ4v) is 3.66. The van der Waals surface area contributed by atoms with E-state index in [0.29, 0.717) is 6.61 Å². The van der Waals surface area contributed by atoms with E-state index in [2.05, 4.69) is 29.0 Å². The number of hydrogen-bond acceptors (Lipinski definition) is 4. The molecule has 1 amide bonds. The van der Waals surface area contributed by atoms with E-state index in [1.807, 2.05) is 6.07 Å². The van der Waals surface area contributed by atoms with Gasteiger partial charge in [-0.1, -0.05) is 13.0 Å². The summed E-state index contributed by atoms with van der Waals surface area (Å²) in [5.74, 6) is 0.140. The van der Waals surface area contributed by atoms with Crippen LogP contribution in [0.4, 0.5) is 0 Å². The minimum atomic E-state index is -0.370. The van der Waals surface area contributed by atoms with E-state index < -0.39 is 0 Å². The second-order valence-electron chi connectivity index (χ2n) is 5.41. The van der Waals surface area contributed by atoms with Crippen molar-refractivity contribution in [1.82, 2.24) is 10.6 Å². The summed E-state index contributed by atoms with van der Waals surface area (Å²) in [4.78, 5) is 14.0. The molecule has 0 radical (unpaired) electrons. The largest absolute Gasteiger partial charge is 0.384 e. The summed E-state index contributed by atoms with van der Waals surface area (Å²) in [5, 5.41) is 8.60. The number of hydrogen-bond donors (Lipinski definition) is 2. The van der Waals surface area contributed by atoms with Crippen molar-refractivity contribution in [2.45, 2.75) is 32.2 Å². The second kappa shape index (κ2) is 7.20. The lowest BCUT2D eigenvalue weighted by atomic mass is 9.78. The van der Waals surface area contributed by atoms with Gasteiger partial charge in [0, 0.05) is 12.0 Å². The molecular weight excluding hydrogens is 272 g/mol. The van der Waals surface area contributed by atoms with Crippen LogP contribution in [0.3, 0.4) is 0 Å². The fraction of sp³-hybridized carbons (Fsp3) is 0.667. The molecule has 1 atom stereocenters. The average Bonchev–Trinajstić information content (AvgIpc) is 2.99. The second-order valence-corrected chi connectivity index (χ2v) is 6.39. The Morgan fingerprint density at radius 2 is 2.30 bits per heavy atom. The number of amides is 1. The molecule has 1 aliphatic rings. The van der Waals surface area contributed by atoms with Crippen LogP contribution in [0.25, 0.3) is 0 Å². The van der Waals surface area contributed by atoms with Gasteiger partial charge in [-0.05, 0) is 43.8 Å². The maximum atomic E-state index is 12.8. The first-order chi connectivity index (χ1) is 9.72. The standard InChI is InChI=1S/C15H24N2O2S/c1-3-12(13-5-4-10-20-13)17-14(18)15(11-19-2)6-8-16-9-7-15/h4-5,10,12,16H,3,6-9,11H2,1-2H3,(H,17,18). The van der Waals surface area contributed by atoms with E-state index in [0.717, 1.165) is 32.4 Å². The highest BCUT2D eigenvalue weighted by molar-refractivity contribution is 7.10. The van der Waals surface area contributed by atoms with Gasteiger partial charge in [-0.2, -0.15) is 0 Å². The van der Waals surface area contributed by atoms with E-state index in [1.54, 1.807) is 18.4 Å². The van der Waals surface area contributed by atoms with Crippen molar-refractivity contribution in [3.05, 3.63) is 22.4 Å². The van der Waals surface area contributed by atoms with Gasteiger partial charge in [0.05, 0.1) is 18.1 Å². The lowest BCUT2D eigenvalue weighted by Crippen LogP contribution is -2.50. The van der Waals surface area contributed by atoms with Crippen molar-refractivity contribution >= 4 is 17.2 Å². The number of thiophene rings is 1. The molecule has 0 aromatic carbocycles. The van der Waals surface area contributed by atoms with Gasteiger partial charge in [0.2, 0.25) is 5.91 Å². The van der Waals surface area contributed by atoms with Gasteiger partial charge in [0.1, 0.15) is 0 Å². The lowest BCUT2D eigenvalue weighted by Gasteiger charge is -2.36. The van der Waals surface area contributed by atoms with E-state index in [9.17, 15) is 4.79 Å². The van der Waals surface area contributed by atoms with Crippen molar-refractivity contribution in [2.75, 3.05) is 26.8 Å². The minimum absolute atomic E-state index is 0.117. The molecule has 20 heavy (non-hydrogen) atoms. The molecule has 1 aliphatic heterocycles. The maximum absolute atomic E-state index is 12.8. The predicted octanol–water partition coefficient (Wildman–Crippen LogP) is 2.33. The molecule has 1 unspecified atom stereocenters. The molecule has 5 heteroatoms. The van der Waals surface area contributed by atoms with Crippen LogP contribution in [0, 0.1) is 5.41 Å². The van der Waals surface area contributed by atoms with Gasteiger partial charge in [0.15, 0.2) is 0 Å². The summed E-state index contributed by atoms with van der Waals surface area (Å²) in [6.07, 6.45) is 2.59. The zero-order valence-corrected chi connectivity index (χ0v) is 13.1. The van der Waals surface area contributed by atoms with Crippen LogP contribution in [-0.2, 0) is 9.53 Å². The SMILES string of the molecule is CCC(NC(=O)C1(COC)CCNCC1)c1cccs1. The Hall–Kier alpha value is -0.910. The predicted molar refractivity (Wildman–Crippen MR) is 81.9 cm³/mol. The lowest BCUT2D eigenvalue weighted by molar-refractivity contribution is -0.137. The molecule has 0 bridgehead atoms. The molecule has 112 valence electrons. The van der Waals surface area contributed by atoms with Crippen LogP contribution in [0.2, 0.25) is 0 Å². The number of carbonyl (C=O) groups is 1. The number of methoxy groups -OCH3 is 1. The Kier molecular flexibility index (Phi) is 5.57. The molecular formula is C15H24N2O2S. The molecule has 2 rings (SSSR count). The minimum Gasteiger partial charge on any atom is -0.384 e. The number of piperidine rings is 1. The first-order valence-corrected chi connectivity index (χ1v) is 8.14. The van der Waals surface area contributed by atoms with E-state index in [-0.39, 0.29) is 17.4 Å². The number of nitrogens with one attached hydrogen (secondary N) is 2. The van der Waals surface area contributed by atoms with Gasteiger partial charge < -0.3 is 15.4 Å². The fourth-order valence-electron chi connectivity index (χ4n) is 2.79. The van der Waals surface area contributed by atoms with Crippen molar-refractivity contribution < 1.29 is 9.53 Å². The number of carbonyl (C=O) groups excluding carboxylic acids is 1. The van der Waals surface area contributed by atoms with Crippen LogP contribution in [-0.4, -0.2) is 32.7 Å². The number of ether oxygens (including phenoxy) is 1. The Labute approximate surface area is 124 Å². The van der Waals surface area contributed by atoms with Crippen LogP contribution < -0.4 is 10.6 Å². The molecule has 0 saturated carbocycles. The van der Waals surface area contributed by atoms with Crippen molar-refractivity contribution in [2.24, 2.45) is 5.41 Å². The smallest absolute Gasteiger partial charge is 0.229 e.